The van der Waals surface area contributed by atoms with Crippen LogP contribution in [0.25, 0.3) is 0 Å². The fourth-order valence-electron chi connectivity index (χ4n) is 0.829. The molecular formula is C16H14I2O6S2. The summed E-state index contributed by atoms with van der Waals surface area (Å²) in [5.41, 5.74) is 0. The molecule has 10 heteroatoms. The van der Waals surface area contributed by atoms with Crippen molar-refractivity contribution in [3.8, 4) is 23.4 Å². The van der Waals surface area contributed by atoms with E-state index in [4.69, 9.17) is 9.11 Å². The highest BCUT2D eigenvalue weighted by Gasteiger charge is 1.89. The first kappa shape index (κ1) is 27.1. The average molecular weight is 620 g/mol. The molecule has 0 bridgehead atoms. The molecule has 0 unspecified atom stereocenters. The van der Waals surface area contributed by atoms with Crippen molar-refractivity contribution in [3.05, 3.63) is 67.8 Å². The Kier molecular flexibility index (Phi) is 15.6. The number of hydrogen-bond acceptors (Lipinski definition) is 4. The Morgan fingerprint density at radius 3 is 0.923 bits per heavy atom. The average Bonchev–Trinajstić information content (AvgIpc) is 2.57. The summed E-state index contributed by atoms with van der Waals surface area (Å²) in [6.07, 6.45) is 8.44. The summed E-state index contributed by atoms with van der Waals surface area (Å²) in [5.74, 6) is 0. The summed E-state index contributed by atoms with van der Waals surface area (Å²) in [6, 6.07) is 20.4. The van der Waals surface area contributed by atoms with Crippen LogP contribution in [0.15, 0.2) is 60.7 Å². The third kappa shape index (κ3) is 25.1. The van der Waals surface area contributed by atoms with Crippen LogP contribution in [-0.4, -0.2) is 25.9 Å². The van der Waals surface area contributed by atoms with Crippen molar-refractivity contribution in [2.24, 2.45) is 0 Å². The van der Waals surface area contributed by atoms with Gasteiger partial charge in [-0.2, -0.15) is 16.8 Å². The quantitative estimate of drug-likeness (QED) is 0.265. The van der Waals surface area contributed by atoms with Crippen molar-refractivity contribution >= 4 is 65.4 Å². The lowest BCUT2D eigenvalue weighted by atomic mass is 10.4. The van der Waals surface area contributed by atoms with Gasteiger partial charge in [0.2, 0.25) is 0 Å². The fourth-order valence-corrected chi connectivity index (χ4v) is 1.66. The Morgan fingerprint density at radius 1 is 0.654 bits per heavy atom. The summed E-state index contributed by atoms with van der Waals surface area (Å²) >= 11 is 4.56. The van der Waals surface area contributed by atoms with Gasteiger partial charge in [-0.05, 0) is 69.4 Å². The zero-order valence-corrected chi connectivity index (χ0v) is 19.0. The Bertz CT molecular complexity index is 835. The molecule has 0 aliphatic heterocycles. The lowest BCUT2D eigenvalue weighted by molar-refractivity contribution is 0.494. The van der Waals surface area contributed by atoms with Gasteiger partial charge in [0.05, 0.1) is 10.5 Å². The van der Waals surface area contributed by atoms with Gasteiger partial charge in [0.15, 0.2) is 0 Å². The molecule has 0 saturated heterocycles. The van der Waals surface area contributed by atoms with E-state index in [2.05, 4.69) is 82.3 Å². The van der Waals surface area contributed by atoms with E-state index in [1.807, 2.05) is 36.4 Å². The zero-order chi connectivity index (χ0) is 20.6. The van der Waals surface area contributed by atoms with Crippen LogP contribution in [0.5, 0.6) is 0 Å². The molecule has 0 atom stereocenters. The Labute approximate surface area is 181 Å². The van der Waals surface area contributed by atoms with Crippen LogP contribution in [0.1, 0.15) is 0 Å². The smallest absolute Gasteiger partial charge is 0.276 e. The van der Waals surface area contributed by atoms with E-state index in [1.165, 1.54) is 7.14 Å². The lowest BCUT2D eigenvalue weighted by Crippen LogP contribution is -1.87. The molecular weight excluding hydrogens is 606 g/mol. The van der Waals surface area contributed by atoms with Crippen molar-refractivity contribution in [3.63, 3.8) is 0 Å². The molecule has 0 spiro atoms. The maximum Gasteiger partial charge on any atom is 0.335 e. The largest absolute Gasteiger partial charge is 0.335 e. The standard InChI is InChI=1S/2C6H5I.2C2H2O3S/c2*7-6-4-2-1-3-5-6;2*1-2-6(3,4)5/h2*1-5H;2*1H,(H,3,4,5). The van der Waals surface area contributed by atoms with E-state index in [1.54, 1.807) is 0 Å². The van der Waals surface area contributed by atoms with Crippen LogP contribution in [0, 0.1) is 30.5 Å². The molecule has 2 aromatic rings. The van der Waals surface area contributed by atoms with Gasteiger partial charge in [0.1, 0.15) is 0 Å². The number of benzene rings is 2. The highest BCUT2D eigenvalue weighted by atomic mass is 127. The molecule has 6 nitrogen and oxygen atoms in total. The van der Waals surface area contributed by atoms with Crippen molar-refractivity contribution < 1.29 is 25.9 Å². The second-order valence-corrected chi connectivity index (χ2v) is 8.64. The number of terminal acetylenes is 2. The van der Waals surface area contributed by atoms with E-state index < -0.39 is 20.2 Å². The zero-order valence-electron chi connectivity index (χ0n) is 13.0. The molecule has 0 aliphatic rings. The lowest BCUT2D eigenvalue weighted by Gasteiger charge is -1.80. The second-order valence-electron chi connectivity index (χ2n) is 3.78. The predicted molar refractivity (Wildman–Crippen MR) is 119 cm³/mol. The first-order valence-electron chi connectivity index (χ1n) is 6.22. The van der Waals surface area contributed by atoms with Gasteiger partial charge in [-0.1, -0.05) is 36.4 Å². The summed E-state index contributed by atoms with van der Waals surface area (Å²) in [4.78, 5) is 0. The van der Waals surface area contributed by atoms with Gasteiger partial charge >= 0.3 is 20.2 Å². The van der Waals surface area contributed by atoms with Gasteiger partial charge < -0.3 is 0 Å². The molecule has 0 heterocycles. The van der Waals surface area contributed by atoms with Gasteiger partial charge in [-0.15, -0.1) is 12.8 Å². The monoisotopic (exact) mass is 620 g/mol. The molecule has 2 N–H and O–H groups in total. The van der Waals surface area contributed by atoms with Gasteiger partial charge in [0, 0.05) is 7.14 Å². The number of hydrogen-bond donors (Lipinski definition) is 2. The minimum atomic E-state index is -4.13. The third-order valence-electron chi connectivity index (χ3n) is 1.76. The molecule has 0 aromatic heterocycles. The van der Waals surface area contributed by atoms with Crippen molar-refractivity contribution in [2.45, 2.75) is 0 Å². The molecule has 0 amide bonds. The molecule has 140 valence electrons. The maximum atomic E-state index is 9.32. The Morgan fingerprint density at radius 2 is 0.846 bits per heavy atom. The maximum absolute atomic E-state index is 9.32. The Hall–Kier alpha value is -1.16. The topological polar surface area (TPSA) is 109 Å². The molecule has 2 aromatic carbocycles. The molecule has 0 saturated carbocycles. The fraction of sp³-hybridized carbons (Fsp3) is 0. The summed E-state index contributed by atoms with van der Waals surface area (Å²) in [5, 5.41) is 2.26. The van der Waals surface area contributed by atoms with Crippen LogP contribution in [0.4, 0.5) is 0 Å². The molecule has 26 heavy (non-hydrogen) atoms. The van der Waals surface area contributed by atoms with E-state index in [9.17, 15) is 16.8 Å². The normalized spacial score (nSPS) is 9.31. The van der Waals surface area contributed by atoms with Crippen molar-refractivity contribution in [2.75, 3.05) is 0 Å². The number of halogens is 2. The van der Waals surface area contributed by atoms with E-state index in [0.717, 1.165) is 10.5 Å². The summed E-state index contributed by atoms with van der Waals surface area (Å²) in [6.45, 7) is 0. The molecule has 0 radical (unpaired) electrons. The minimum Gasteiger partial charge on any atom is -0.276 e. The van der Waals surface area contributed by atoms with Crippen LogP contribution in [0.3, 0.4) is 0 Å². The van der Waals surface area contributed by atoms with Crippen LogP contribution < -0.4 is 0 Å². The summed E-state index contributed by atoms with van der Waals surface area (Å²) in [7, 11) is -8.27. The van der Waals surface area contributed by atoms with Crippen molar-refractivity contribution in [1.29, 1.82) is 0 Å². The van der Waals surface area contributed by atoms with Crippen LogP contribution in [-0.2, 0) is 20.2 Å². The minimum absolute atomic E-state index is 1.13. The van der Waals surface area contributed by atoms with E-state index >= 15 is 0 Å². The molecule has 0 fully saturated rings. The first-order chi connectivity index (χ1) is 11.9. The summed E-state index contributed by atoms with van der Waals surface area (Å²) < 4.78 is 55.0. The molecule has 2 rings (SSSR count). The van der Waals surface area contributed by atoms with Gasteiger partial charge in [0.25, 0.3) is 0 Å². The van der Waals surface area contributed by atoms with Gasteiger partial charge in [-0.3, -0.25) is 9.11 Å². The highest BCUT2D eigenvalue weighted by Crippen LogP contribution is 2.00. The third-order valence-corrected chi connectivity index (χ3v) is 3.80. The first-order valence-corrected chi connectivity index (χ1v) is 11.3. The molecule has 0 aliphatic carbocycles. The predicted octanol–water partition coefficient (Wildman–Crippen LogP) is 3.51. The van der Waals surface area contributed by atoms with Gasteiger partial charge in [-0.25, -0.2) is 0 Å². The van der Waals surface area contributed by atoms with E-state index in [0.29, 0.717) is 0 Å². The van der Waals surface area contributed by atoms with Crippen molar-refractivity contribution in [1.82, 2.24) is 0 Å². The van der Waals surface area contributed by atoms with E-state index in [-0.39, 0.29) is 0 Å². The second kappa shape index (κ2) is 15.0. The van der Waals surface area contributed by atoms with Crippen LogP contribution >= 0.6 is 45.2 Å². The Balaban J connectivity index is 0. The van der Waals surface area contributed by atoms with Crippen LogP contribution in [0.2, 0.25) is 0 Å². The highest BCUT2D eigenvalue weighted by molar-refractivity contribution is 14.1. The SMILES string of the molecule is C#CS(=O)(=O)O.C#CS(=O)(=O)O.Ic1ccccc1.Ic1ccccc1. The number of rotatable bonds is 0.